The van der Waals surface area contributed by atoms with Crippen LogP contribution in [0.4, 0.5) is 5.69 Å². The van der Waals surface area contributed by atoms with Crippen molar-refractivity contribution in [1.82, 2.24) is 4.90 Å². The molecule has 0 bridgehead atoms. The van der Waals surface area contributed by atoms with Gasteiger partial charge >= 0.3 is 0 Å². The minimum atomic E-state index is -0.208. The molecule has 0 radical (unpaired) electrons. The van der Waals surface area contributed by atoms with Gasteiger partial charge in [-0.25, -0.2) is 0 Å². The average Bonchev–Trinajstić information content (AvgIpc) is 2.58. The van der Waals surface area contributed by atoms with Crippen molar-refractivity contribution < 1.29 is 9.53 Å². The predicted molar refractivity (Wildman–Crippen MR) is 91.7 cm³/mol. The fraction of sp³-hybridized carbons (Fsp3) is 0.316. The van der Waals surface area contributed by atoms with E-state index in [1.807, 2.05) is 60.4 Å². The lowest BCUT2D eigenvalue weighted by atomic mass is 10.0. The molecule has 4 heteroatoms. The van der Waals surface area contributed by atoms with Gasteiger partial charge in [0.2, 0.25) is 0 Å². The van der Waals surface area contributed by atoms with Gasteiger partial charge in [0.25, 0.3) is 5.91 Å². The summed E-state index contributed by atoms with van der Waals surface area (Å²) in [6.07, 6.45) is 0.697. The first-order valence-electron chi connectivity index (χ1n) is 8.14. The molecule has 0 spiro atoms. The van der Waals surface area contributed by atoms with Crippen molar-refractivity contribution in [3.63, 3.8) is 0 Å². The number of hydrogen-bond acceptors (Lipinski definition) is 3. The molecule has 1 amide bonds. The number of rotatable bonds is 5. The standard InChI is InChI=1S/C19H22N2O2/c1-3-13-21-18(15-10-6-8-12-17(15)23-4-2)20-16-11-7-5-9-14(16)19(21)22/h5-12,18,20H,3-4,13H2,1-2H3. The highest BCUT2D eigenvalue weighted by Gasteiger charge is 2.33. The first kappa shape index (κ1) is 15.4. The number of carbonyl (C=O) groups excluding carboxylic acids is 1. The van der Waals surface area contributed by atoms with Crippen LogP contribution < -0.4 is 10.1 Å². The normalized spacial score (nSPS) is 16.7. The Morgan fingerprint density at radius 2 is 1.83 bits per heavy atom. The van der Waals surface area contributed by atoms with E-state index in [-0.39, 0.29) is 12.1 Å². The van der Waals surface area contributed by atoms with Crippen molar-refractivity contribution >= 4 is 11.6 Å². The molecule has 1 heterocycles. The van der Waals surface area contributed by atoms with Crippen molar-refractivity contribution in [2.75, 3.05) is 18.5 Å². The maximum absolute atomic E-state index is 12.9. The Hall–Kier alpha value is -2.49. The molecule has 0 saturated heterocycles. The molecule has 120 valence electrons. The molecule has 1 N–H and O–H groups in total. The number of anilines is 1. The van der Waals surface area contributed by atoms with Crippen LogP contribution in [-0.4, -0.2) is 24.0 Å². The summed E-state index contributed by atoms with van der Waals surface area (Å²) in [5.41, 5.74) is 2.60. The number of nitrogens with one attached hydrogen (secondary N) is 1. The van der Waals surface area contributed by atoms with Gasteiger partial charge in [0.05, 0.1) is 12.2 Å². The minimum absolute atomic E-state index is 0.0671. The summed E-state index contributed by atoms with van der Waals surface area (Å²) >= 11 is 0. The molecule has 1 aliphatic heterocycles. The van der Waals surface area contributed by atoms with E-state index in [1.54, 1.807) is 0 Å². The fourth-order valence-electron chi connectivity index (χ4n) is 3.00. The van der Waals surface area contributed by atoms with Gasteiger partial charge < -0.3 is 15.0 Å². The van der Waals surface area contributed by atoms with E-state index in [4.69, 9.17) is 4.74 Å². The van der Waals surface area contributed by atoms with Crippen LogP contribution in [0, 0.1) is 0 Å². The molecule has 2 aromatic carbocycles. The van der Waals surface area contributed by atoms with Gasteiger partial charge in [0.15, 0.2) is 0 Å². The Balaban J connectivity index is 2.05. The van der Waals surface area contributed by atoms with Gasteiger partial charge in [0, 0.05) is 17.8 Å². The molecule has 1 aliphatic rings. The Bertz CT molecular complexity index is 699. The molecule has 4 nitrogen and oxygen atoms in total. The summed E-state index contributed by atoms with van der Waals surface area (Å²) in [7, 11) is 0. The number of amides is 1. The topological polar surface area (TPSA) is 41.6 Å². The highest BCUT2D eigenvalue weighted by Crippen LogP contribution is 2.36. The Morgan fingerprint density at radius 3 is 2.61 bits per heavy atom. The summed E-state index contributed by atoms with van der Waals surface area (Å²) in [6, 6.07) is 15.6. The third-order valence-corrected chi connectivity index (χ3v) is 4.00. The monoisotopic (exact) mass is 310 g/mol. The summed E-state index contributed by atoms with van der Waals surface area (Å²) < 4.78 is 5.76. The number of hydrogen-bond donors (Lipinski definition) is 1. The molecule has 2 aromatic rings. The minimum Gasteiger partial charge on any atom is -0.493 e. The van der Waals surface area contributed by atoms with Crippen LogP contribution in [0.2, 0.25) is 0 Å². The van der Waals surface area contributed by atoms with Crippen molar-refractivity contribution in [1.29, 1.82) is 0 Å². The van der Waals surface area contributed by atoms with E-state index in [9.17, 15) is 4.79 Å². The fourth-order valence-corrected chi connectivity index (χ4v) is 3.00. The number of fused-ring (bicyclic) bond motifs is 1. The van der Waals surface area contributed by atoms with Crippen molar-refractivity contribution in [3.05, 3.63) is 59.7 Å². The second-order valence-corrected chi connectivity index (χ2v) is 5.56. The van der Waals surface area contributed by atoms with Gasteiger partial charge in [-0.15, -0.1) is 0 Å². The smallest absolute Gasteiger partial charge is 0.257 e. The molecule has 0 fully saturated rings. The molecule has 3 rings (SSSR count). The number of para-hydroxylation sites is 2. The molecule has 1 unspecified atom stereocenters. The summed E-state index contributed by atoms with van der Waals surface area (Å²) in [5.74, 6) is 0.887. The van der Waals surface area contributed by atoms with Crippen molar-refractivity contribution in [3.8, 4) is 5.75 Å². The van der Waals surface area contributed by atoms with E-state index in [0.29, 0.717) is 13.2 Å². The summed E-state index contributed by atoms with van der Waals surface area (Å²) in [6.45, 7) is 5.35. The van der Waals surface area contributed by atoms with Gasteiger partial charge in [-0.2, -0.15) is 0 Å². The second-order valence-electron chi connectivity index (χ2n) is 5.56. The first-order valence-corrected chi connectivity index (χ1v) is 8.14. The third kappa shape index (κ3) is 2.89. The first-order chi connectivity index (χ1) is 11.3. The molecule has 0 aromatic heterocycles. The zero-order valence-electron chi connectivity index (χ0n) is 13.6. The second kappa shape index (κ2) is 6.73. The molecular formula is C19H22N2O2. The lowest BCUT2D eigenvalue weighted by Crippen LogP contribution is -2.43. The maximum Gasteiger partial charge on any atom is 0.257 e. The largest absolute Gasteiger partial charge is 0.493 e. The van der Waals surface area contributed by atoms with Crippen LogP contribution in [0.1, 0.15) is 42.4 Å². The lowest BCUT2D eigenvalue weighted by Gasteiger charge is -2.38. The maximum atomic E-state index is 12.9. The van der Waals surface area contributed by atoms with Crippen LogP contribution in [-0.2, 0) is 0 Å². The van der Waals surface area contributed by atoms with Crippen molar-refractivity contribution in [2.24, 2.45) is 0 Å². The molecular weight excluding hydrogens is 288 g/mol. The van der Waals surface area contributed by atoms with Crippen molar-refractivity contribution in [2.45, 2.75) is 26.4 Å². The highest BCUT2D eigenvalue weighted by molar-refractivity contribution is 6.01. The Morgan fingerprint density at radius 1 is 1.09 bits per heavy atom. The number of ether oxygens (including phenoxy) is 1. The van der Waals surface area contributed by atoms with Crippen LogP contribution in [0.15, 0.2) is 48.5 Å². The molecule has 0 saturated carbocycles. The number of benzene rings is 2. The van der Waals surface area contributed by atoms with E-state index in [0.717, 1.165) is 29.0 Å². The zero-order chi connectivity index (χ0) is 16.2. The Labute approximate surface area is 137 Å². The predicted octanol–water partition coefficient (Wildman–Crippen LogP) is 4.06. The van der Waals surface area contributed by atoms with E-state index >= 15 is 0 Å². The highest BCUT2D eigenvalue weighted by atomic mass is 16.5. The summed E-state index contributed by atoms with van der Waals surface area (Å²) in [5, 5.41) is 3.50. The average molecular weight is 310 g/mol. The quantitative estimate of drug-likeness (QED) is 0.905. The lowest BCUT2D eigenvalue weighted by molar-refractivity contribution is 0.0681. The van der Waals surface area contributed by atoms with Gasteiger partial charge in [-0.3, -0.25) is 4.79 Å². The SMILES string of the molecule is CCCN1C(=O)c2ccccc2NC1c1ccccc1OCC. The van der Waals surface area contributed by atoms with E-state index in [1.165, 1.54) is 0 Å². The molecule has 23 heavy (non-hydrogen) atoms. The van der Waals surface area contributed by atoms with E-state index < -0.39 is 0 Å². The van der Waals surface area contributed by atoms with E-state index in [2.05, 4.69) is 12.2 Å². The third-order valence-electron chi connectivity index (χ3n) is 4.00. The van der Waals surface area contributed by atoms with Crippen LogP contribution in [0.25, 0.3) is 0 Å². The van der Waals surface area contributed by atoms with Crippen LogP contribution in [0.3, 0.4) is 0 Å². The summed E-state index contributed by atoms with van der Waals surface area (Å²) in [4.78, 5) is 14.8. The molecule has 0 aliphatic carbocycles. The van der Waals surface area contributed by atoms with Crippen LogP contribution >= 0.6 is 0 Å². The number of carbonyl (C=O) groups is 1. The van der Waals surface area contributed by atoms with Crippen LogP contribution in [0.5, 0.6) is 5.75 Å². The molecule has 1 atom stereocenters. The van der Waals surface area contributed by atoms with Gasteiger partial charge in [-0.05, 0) is 31.5 Å². The van der Waals surface area contributed by atoms with Gasteiger partial charge in [-0.1, -0.05) is 37.3 Å². The Kier molecular flexibility index (Phi) is 4.51. The zero-order valence-corrected chi connectivity index (χ0v) is 13.6. The number of nitrogens with zero attached hydrogens (tertiary/aromatic N) is 1. The van der Waals surface area contributed by atoms with Gasteiger partial charge in [0.1, 0.15) is 11.9 Å².